The van der Waals surface area contributed by atoms with E-state index in [2.05, 4.69) is 59.7 Å². The second-order valence-corrected chi connectivity index (χ2v) is 5.32. The van der Waals surface area contributed by atoms with Gasteiger partial charge in [0.05, 0.1) is 25.8 Å². The summed E-state index contributed by atoms with van der Waals surface area (Å²) in [4.78, 5) is 7.24. The molecule has 1 aromatic carbocycles. The van der Waals surface area contributed by atoms with Gasteiger partial charge in [-0.05, 0) is 19.4 Å². The van der Waals surface area contributed by atoms with Gasteiger partial charge in [0.15, 0.2) is 5.96 Å². The minimum absolute atomic E-state index is 0. The molecule has 2 rings (SSSR count). The summed E-state index contributed by atoms with van der Waals surface area (Å²) in [7, 11) is 0. The Bertz CT molecular complexity index is 441. The fourth-order valence-corrected chi connectivity index (χ4v) is 2.68. The largest absolute Gasteiger partial charge is 0.379 e. The molecule has 0 aliphatic carbocycles. The summed E-state index contributed by atoms with van der Waals surface area (Å²) in [5, 5.41) is 6.58. The van der Waals surface area contributed by atoms with E-state index in [9.17, 15) is 0 Å². The molecule has 0 aromatic heterocycles. The molecule has 1 fully saturated rings. The van der Waals surface area contributed by atoms with E-state index in [1.54, 1.807) is 0 Å². The van der Waals surface area contributed by atoms with Crippen LogP contribution in [0.4, 0.5) is 0 Å². The van der Waals surface area contributed by atoms with Gasteiger partial charge in [0.1, 0.15) is 0 Å². The van der Waals surface area contributed by atoms with Crippen molar-refractivity contribution < 1.29 is 4.74 Å². The Hall–Kier alpha value is -0.860. The van der Waals surface area contributed by atoms with E-state index in [0.29, 0.717) is 6.04 Å². The van der Waals surface area contributed by atoms with Crippen LogP contribution in [0.5, 0.6) is 0 Å². The molecule has 0 amide bonds. The quantitative estimate of drug-likeness (QED) is 0.412. The molecule has 6 heteroatoms. The van der Waals surface area contributed by atoms with Crippen LogP contribution in [0.2, 0.25) is 0 Å². The van der Waals surface area contributed by atoms with Crippen molar-refractivity contribution in [1.29, 1.82) is 0 Å². The van der Waals surface area contributed by atoms with Crippen LogP contribution >= 0.6 is 24.0 Å². The van der Waals surface area contributed by atoms with E-state index in [1.165, 1.54) is 5.56 Å². The Morgan fingerprint density at radius 1 is 1.13 bits per heavy atom. The summed E-state index contributed by atoms with van der Waals surface area (Å²) in [6, 6.07) is 10.9. The van der Waals surface area contributed by atoms with Crippen molar-refractivity contribution in [3.05, 3.63) is 35.9 Å². The molecule has 1 saturated heterocycles. The van der Waals surface area contributed by atoms with Gasteiger partial charge in [-0.15, -0.1) is 24.0 Å². The molecule has 0 bridgehead atoms. The third kappa shape index (κ3) is 6.64. The summed E-state index contributed by atoms with van der Waals surface area (Å²) < 4.78 is 5.49. The Balaban J connectivity index is 0.00000264. The van der Waals surface area contributed by atoms with Gasteiger partial charge in [-0.2, -0.15) is 0 Å². The van der Waals surface area contributed by atoms with Crippen molar-refractivity contribution in [3.63, 3.8) is 0 Å². The SMILES string of the molecule is CCNC(=NCC(c1ccccc1)N1CCOCC1)NCC.I. The maximum absolute atomic E-state index is 5.49. The average Bonchev–Trinajstić information content (AvgIpc) is 2.57. The Morgan fingerprint density at radius 2 is 1.74 bits per heavy atom. The van der Waals surface area contributed by atoms with Gasteiger partial charge in [0, 0.05) is 26.2 Å². The molecular formula is C17H29IN4O. The van der Waals surface area contributed by atoms with Gasteiger partial charge in [-0.3, -0.25) is 9.89 Å². The summed E-state index contributed by atoms with van der Waals surface area (Å²) >= 11 is 0. The molecular weight excluding hydrogens is 403 g/mol. The number of guanidine groups is 1. The zero-order valence-electron chi connectivity index (χ0n) is 14.1. The summed E-state index contributed by atoms with van der Waals surface area (Å²) in [5.74, 6) is 0.888. The number of nitrogens with one attached hydrogen (secondary N) is 2. The van der Waals surface area contributed by atoms with Crippen molar-refractivity contribution in [1.82, 2.24) is 15.5 Å². The third-order valence-electron chi connectivity index (χ3n) is 3.78. The molecule has 1 aliphatic rings. The lowest BCUT2D eigenvalue weighted by atomic mass is 10.1. The predicted molar refractivity (Wildman–Crippen MR) is 107 cm³/mol. The first-order chi connectivity index (χ1) is 10.8. The van der Waals surface area contributed by atoms with E-state index in [4.69, 9.17) is 9.73 Å². The zero-order valence-corrected chi connectivity index (χ0v) is 16.5. The highest BCUT2D eigenvalue weighted by Crippen LogP contribution is 2.22. The molecule has 5 nitrogen and oxygen atoms in total. The molecule has 2 N–H and O–H groups in total. The number of hydrogen-bond donors (Lipinski definition) is 2. The molecule has 1 unspecified atom stereocenters. The van der Waals surface area contributed by atoms with Crippen LogP contribution in [0, 0.1) is 0 Å². The lowest BCUT2D eigenvalue weighted by molar-refractivity contribution is 0.0180. The maximum Gasteiger partial charge on any atom is 0.191 e. The van der Waals surface area contributed by atoms with Gasteiger partial charge in [0.25, 0.3) is 0 Å². The standard InChI is InChI=1S/C17H28N4O.HI/c1-3-18-17(19-4-2)20-14-16(15-8-6-5-7-9-15)21-10-12-22-13-11-21;/h5-9,16H,3-4,10-14H2,1-2H3,(H2,18,19,20);1H. The van der Waals surface area contributed by atoms with Crippen LogP contribution in [0.25, 0.3) is 0 Å². The minimum atomic E-state index is 0. The highest BCUT2D eigenvalue weighted by molar-refractivity contribution is 14.0. The van der Waals surface area contributed by atoms with Gasteiger partial charge in [-0.1, -0.05) is 30.3 Å². The first kappa shape index (κ1) is 20.2. The first-order valence-corrected chi connectivity index (χ1v) is 8.24. The summed E-state index contributed by atoms with van der Waals surface area (Å²) in [5.41, 5.74) is 1.32. The molecule has 1 aliphatic heterocycles. The number of aliphatic imine (C=N–C) groups is 1. The first-order valence-electron chi connectivity index (χ1n) is 8.24. The third-order valence-corrected chi connectivity index (χ3v) is 3.78. The molecule has 0 saturated carbocycles. The molecule has 0 spiro atoms. The molecule has 1 aromatic rings. The van der Waals surface area contributed by atoms with E-state index < -0.39 is 0 Å². The number of halogens is 1. The monoisotopic (exact) mass is 432 g/mol. The molecule has 0 radical (unpaired) electrons. The fraction of sp³-hybridized carbons (Fsp3) is 0.588. The van der Waals surface area contributed by atoms with E-state index in [-0.39, 0.29) is 24.0 Å². The summed E-state index contributed by atoms with van der Waals surface area (Å²) in [6.45, 7) is 10.2. The Kier molecular flexibility index (Phi) is 10.2. The van der Waals surface area contributed by atoms with Crippen LogP contribution in [-0.2, 0) is 4.74 Å². The molecule has 23 heavy (non-hydrogen) atoms. The molecule has 130 valence electrons. The number of rotatable bonds is 6. The van der Waals surface area contributed by atoms with Crippen molar-refractivity contribution in [3.8, 4) is 0 Å². The average molecular weight is 432 g/mol. The zero-order chi connectivity index (χ0) is 15.6. The number of nitrogens with zero attached hydrogens (tertiary/aromatic N) is 2. The highest BCUT2D eigenvalue weighted by Gasteiger charge is 2.22. The minimum Gasteiger partial charge on any atom is -0.379 e. The smallest absolute Gasteiger partial charge is 0.191 e. The van der Waals surface area contributed by atoms with Crippen molar-refractivity contribution in [2.45, 2.75) is 19.9 Å². The predicted octanol–water partition coefficient (Wildman–Crippen LogP) is 2.25. The number of ether oxygens (including phenoxy) is 1. The van der Waals surface area contributed by atoms with E-state index in [1.807, 2.05) is 0 Å². The maximum atomic E-state index is 5.49. The van der Waals surface area contributed by atoms with Crippen LogP contribution in [0.3, 0.4) is 0 Å². The van der Waals surface area contributed by atoms with E-state index >= 15 is 0 Å². The summed E-state index contributed by atoms with van der Waals surface area (Å²) in [6.07, 6.45) is 0. The molecule has 1 heterocycles. The second kappa shape index (κ2) is 11.6. The number of morpholine rings is 1. The number of benzene rings is 1. The fourth-order valence-electron chi connectivity index (χ4n) is 2.68. The van der Waals surface area contributed by atoms with Crippen molar-refractivity contribution >= 4 is 29.9 Å². The van der Waals surface area contributed by atoms with Crippen molar-refractivity contribution in [2.24, 2.45) is 4.99 Å². The van der Waals surface area contributed by atoms with Gasteiger partial charge in [-0.25, -0.2) is 0 Å². The van der Waals surface area contributed by atoms with Gasteiger partial charge < -0.3 is 15.4 Å². The van der Waals surface area contributed by atoms with E-state index in [0.717, 1.165) is 51.9 Å². The molecule has 1 atom stereocenters. The number of hydrogen-bond acceptors (Lipinski definition) is 3. The van der Waals surface area contributed by atoms with Crippen LogP contribution in [0.15, 0.2) is 35.3 Å². The second-order valence-electron chi connectivity index (χ2n) is 5.32. The van der Waals surface area contributed by atoms with Gasteiger partial charge >= 0.3 is 0 Å². The highest BCUT2D eigenvalue weighted by atomic mass is 127. The van der Waals surface area contributed by atoms with Crippen LogP contribution in [-0.4, -0.2) is 56.8 Å². The lowest BCUT2D eigenvalue weighted by Crippen LogP contribution is -2.41. The normalized spacial score (nSPS) is 16.1. The lowest BCUT2D eigenvalue weighted by Gasteiger charge is -2.34. The Labute approximate surface area is 156 Å². The van der Waals surface area contributed by atoms with Gasteiger partial charge in [0.2, 0.25) is 0 Å². The van der Waals surface area contributed by atoms with Crippen LogP contribution in [0.1, 0.15) is 25.5 Å². The van der Waals surface area contributed by atoms with Crippen LogP contribution < -0.4 is 10.6 Å². The topological polar surface area (TPSA) is 48.9 Å². The Morgan fingerprint density at radius 3 is 2.30 bits per heavy atom. The van der Waals surface area contributed by atoms with Crippen molar-refractivity contribution in [2.75, 3.05) is 45.9 Å².